The summed E-state index contributed by atoms with van der Waals surface area (Å²) in [4.78, 5) is 19.6. The molecule has 2 aromatic heterocycles. The second-order valence-corrected chi connectivity index (χ2v) is 9.75. The smallest absolute Gasteiger partial charge is 0.287 e. The van der Waals surface area contributed by atoms with Crippen LogP contribution in [0.4, 0.5) is 21.6 Å². The van der Waals surface area contributed by atoms with Crippen LogP contribution >= 0.6 is 0 Å². The van der Waals surface area contributed by atoms with Crippen molar-refractivity contribution in [1.82, 2.24) is 9.55 Å². The van der Waals surface area contributed by atoms with Crippen LogP contribution in [-0.2, 0) is 0 Å². The molecule has 1 unspecified atom stereocenters. The molecule has 3 aromatic rings. The number of nitrogens with one attached hydrogen (secondary N) is 1. The van der Waals surface area contributed by atoms with Gasteiger partial charge >= 0.3 is 0 Å². The molecule has 34 heavy (non-hydrogen) atoms. The topological polar surface area (TPSA) is 70.4 Å². The normalized spacial score (nSPS) is 19.8. The van der Waals surface area contributed by atoms with Gasteiger partial charge in [0, 0.05) is 54.8 Å². The molecule has 0 amide bonds. The molecule has 5 rings (SSSR count). The Morgan fingerprint density at radius 3 is 2.53 bits per heavy atom. The van der Waals surface area contributed by atoms with Gasteiger partial charge in [-0.15, -0.1) is 0 Å². The minimum atomic E-state index is -0.712. The van der Waals surface area contributed by atoms with Gasteiger partial charge in [-0.1, -0.05) is 25.7 Å². The third-order valence-electron chi connectivity index (χ3n) is 7.35. The molecule has 180 valence electrons. The fourth-order valence-corrected chi connectivity index (χ4v) is 5.50. The van der Waals surface area contributed by atoms with Crippen molar-refractivity contribution in [2.24, 2.45) is 5.92 Å². The van der Waals surface area contributed by atoms with E-state index in [-0.39, 0.29) is 12.6 Å². The Kier molecular flexibility index (Phi) is 6.81. The third-order valence-corrected chi connectivity index (χ3v) is 7.35. The van der Waals surface area contributed by atoms with Crippen LogP contribution in [0.2, 0.25) is 0 Å². The van der Waals surface area contributed by atoms with E-state index in [1.54, 1.807) is 10.8 Å². The minimum Gasteiger partial charge on any atom is -0.396 e. The molecular weight excluding hydrogens is 431 g/mol. The Morgan fingerprint density at radius 1 is 1.03 bits per heavy atom. The average molecular weight is 465 g/mol. The Labute approximate surface area is 199 Å². The highest BCUT2D eigenvalue weighted by Gasteiger charge is 2.21. The molecule has 0 bridgehead atoms. The van der Waals surface area contributed by atoms with Crippen LogP contribution in [0.1, 0.15) is 57.4 Å². The fraction of sp³-hybridized carbons (Fsp3) is 0.481. The molecule has 7 heteroatoms. The largest absolute Gasteiger partial charge is 0.396 e. The summed E-state index contributed by atoms with van der Waals surface area (Å²) >= 11 is 0. The molecule has 1 aliphatic carbocycles. The number of piperidine rings is 1. The number of nitrogens with zero attached hydrogens (tertiary/aromatic N) is 3. The van der Waals surface area contributed by atoms with E-state index in [2.05, 4.69) is 27.3 Å². The van der Waals surface area contributed by atoms with Gasteiger partial charge in [0.15, 0.2) is 5.82 Å². The number of pyridine rings is 2. The van der Waals surface area contributed by atoms with E-state index in [0.29, 0.717) is 17.1 Å². The summed E-state index contributed by atoms with van der Waals surface area (Å²) in [6, 6.07) is 11.4. The number of hydrogen-bond acceptors (Lipinski definition) is 5. The highest BCUT2D eigenvalue weighted by molar-refractivity contribution is 5.81. The predicted octanol–water partition coefficient (Wildman–Crippen LogP) is 5.38. The van der Waals surface area contributed by atoms with Crippen LogP contribution in [0.25, 0.3) is 10.9 Å². The van der Waals surface area contributed by atoms with Crippen LogP contribution in [0.15, 0.2) is 47.4 Å². The second kappa shape index (κ2) is 10.1. The molecule has 3 heterocycles. The van der Waals surface area contributed by atoms with Crippen LogP contribution < -0.4 is 15.8 Å². The van der Waals surface area contributed by atoms with E-state index in [1.165, 1.54) is 18.9 Å². The minimum absolute atomic E-state index is 0.0232. The lowest BCUT2D eigenvalue weighted by atomic mass is 9.98. The van der Waals surface area contributed by atoms with Gasteiger partial charge in [-0.25, -0.2) is 9.37 Å². The van der Waals surface area contributed by atoms with Gasteiger partial charge in [0.1, 0.15) is 5.82 Å². The Balaban J connectivity index is 1.40. The average Bonchev–Trinajstić information content (AvgIpc) is 3.15. The number of hydrogen-bond donors (Lipinski definition) is 2. The van der Waals surface area contributed by atoms with Crippen LogP contribution in [-0.4, -0.2) is 34.4 Å². The second-order valence-electron chi connectivity index (χ2n) is 9.75. The van der Waals surface area contributed by atoms with Crippen LogP contribution in [0.5, 0.6) is 0 Å². The van der Waals surface area contributed by atoms with Gasteiger partial charge in [0.25, 0.3) is 5.56 Å². The lowest BCUT2D eigenvalue weighted by Crippen LogP contribution is -2.36. The molecule has 1 aliphatic heterocycles. The van der Waals surface area contributed by atoms with E-state index >= 15 is 0 Å². The lowest BCUT2D eigenvalue weighted by Gasteiger charge is -2.33. The SMILES string of the molecule is O=c1c(F)cc2cnc(Nc3ccc(N4CCCC(CO)C4)cc3)cc2n1C1CCCCCC1. The van der Waals surface area contributed by atoms with Crippen molar-refractivity contribution in [3.63, 3.8) is 0 Å². The summed E-state index contributed by atoms with van der Waals surface area (Å²) in [6.07, 6.45) is 10.1. The van der Waals surface area contributed by atoms with Crippen molar-refractivity contribution in [2.45, 2.75) is 57.4 Å². The van der Waals surface area contributed by atoms with E-state index in [0.717, 1.165) is 68.5 Å². The number of rotatable bonds is 5. The van der Waals surface area contributed by atoms with Crippen LogP contribution in [0, 0.1) is 11.7 Å². The first-order valence-corrected chi connectivity index (χ1v) is 12.6. The number of benzene rings is 1. The maximum Gasteiger partial charge on any atom is 0.287 e. The Bertz CT molecular complexity index is 1190. The Morgan fingerprint density at radius 2 is 1.79 bits per heavy atom. The third kappa shape index (κ3) is 4.80. The first kappa shape index (κ1) is 22.8. The molecule has 6 nitrogen and oxygen atoms in total. The molecule has 0 radical (unpaired) electrons. The monoisotopic (exact) mass is 464 g/mol. The predicted molar refractivity (Wildman–Crippen MR) is 134 cm³/mol. The summed E-state index contributed by atoms with van der Waals surface area (Å²) in [5.74, 6) is 0.257. The number of aliphatic hydroxyl groups is 1. The zero-order chi connectivity index (χ0) is 23.5. The number of aromatic nitrogens is 2. The van der Waals surface area contributed by atoms with E-state index in [9.17, 15) is 14.3 Å². The van der Waals surface area contributed by atoms with E-state index < -0.39 is 11.4 Å². The van der Waals surface area contributed by atoms with E-state index in [4.69, 9.17) is 0 Å². The number of anilines is 3. The zero-order valence-electron chi connectivity index (χ0n) is 19.5. The molecule has 2 aliphatic rings. The summed E-state index contributed by atoms with van der Waals surface area (Å²) in [6.45, 7) is 2.12. The molecule has 2 fully saturated rings. The van der Waals surface area contributed by atoms with E-state index in [1.807, 2.05) is 18.2 Å². The maximum absolute atomic E-state index is 14.5. The first-order chi connectivity index (χ1) is 16.6. The molecular formula is C27H33FN4O2. The number of aliphatic hydroxyl groups excluding tert-OH is 1. The van der Waals surface area contributed by atoms with Crippen LogP contribution in [0.3, 0.4) is 0 Å². The van der Waals surface area contributed by atoms with Gasteiger partial charge in [-0.3, -0.25) is 4.79 Å². The molecule has 1 aromatic carbocycles. The zero-order valence-corrected chi connectivity index (χ0v) is 19.5. The van der Waals surface area contributed by atoms with Crippen molar-refractivity contribution < 1.29 is 9.50 Å². The summed E-state index contributed by atoms with van der Waals surface area (Å²) in [5.41, 5.74) is 2.24. The highest BCUT2D eigenvalue weighted by atomic mass is 19.1. The maximum atomic E-state index is 14.5. The van der Waals surface area contributed by atoms with Crippen molar-refractivity contribution in [3.05, 3.63) is 58.8 Å². The fourth-order valence-electron chi connectivity index (χ4n) is 5.50. The van der Waals surface area contributed by atoms with Crippen molar-refractivity contribution in [2.75, 3.05) is 29.9 Å². The molecule has 0 spiro atoms. The van der Waals surface area contributed by atoms with Gasteiger partial charge in [0.05, 0.1) is 5.52 Å². The first-order valence-electron chi connectivity index (χ1n) is 12.6. The lowest BCUT2D eigenvalue weighted by molar-refractivity contribution is 0.209. The van der Waals surface area contributed by atoms with Crippen molar-refractivity contribution in [1.29, 1.82) is 0 Å². The summed E-state index contributed by atoms with van der Waals surface area (Å²) in [7, 11) is 0. The molecule has 2 N–H and O–H groups in total. The summed E-state index contributed by atoms with van der Waals surface area (Å²) < 4.78 is 16.1. The van der Waals surface area contributed by atoms with Gasteiger partial charge in [-0.05, 0) is 61.9 Å². The molecule has 1 saturated carbocycles. The summed E-state index contributed by atoms with van der Waals surface area (Å²) in [5, 5.41) is 13.5. The highest BCUT2D eigenvalue weighted by Crippen LogP contribution is 2.30. The molecule has 1 saturated heterocycles. The standard InChI is InChI=1S/C27H33FN4O2/c28-24-14-20-16-29-26(15-25(20)32(27(24)34)23-7-3-1-2-4-8-23)30-21-9-11-22(12-10-21)31-13-5-6-19(17-31)18-33/h9-12,14-16,19,23,33H,1-8,13,17-18H2,(H,29,30). The van der Waals surface area contributed by atoms with Gasteiger partial charge in [-0.2, -0.15) is 0 Å². The van der Waals surface area contributed by atoms with Crippen molar-refractivity contribution in [3.8, 4) is 0 Å². The Hall–Kier alpha value is -2.93. The van der Waals surface area contributed by atoms with Crippen molar-refractivity contribution >= 4 is 28.1 Å². The number of fused-ring (bicyclic) bond motifs is 1. The quantitative estimate of drug-likeness (QED) is 0.496. The van der Waals surface area contributed by atoms with Gasteiger partial charge < -0.3 is 19.9 Å². The van der Waals surface area contributed by atoms with Gasteiger partial charge in [0.2, 0.25) is 0 Å². The number of halogens is 1. The molecule has 1 atom stereocenters.